The van der Waals surface area contributed by atoms with Crippen molar-refractivity contribution >= 4 is 5.69 Å². The molecule has 0 spiro atoms. The summed E-state index contributed by atoms with van der Waals surface area (Å²) in [5, 5.41) is 9.34. The van der Waals surface area contributed by atoms with Crippen molar-refractivity contribution in [1.82, 2.24) is 4.98 Å². The number of halogens is 2. The maximum atomic E-state index is 13.8. The maximum Gasteiger partial charge on any atom is 0.187 e. The Hall–Kier alpha value is -2.99. The van der Waals surface area contributed by atoms with Crippen molar-refractivity contribution in [2.24, 2.45) is 0 Å². The van der Waals surface area contributed by atoms with Gasteiger partial charge in [0.2, 0.25) is 0 Å². The Bertz CT molecular complexity index is 932. The zero-order valence-corrected chi connectivity index (χ0v) is 14.5. The number of nitrogens with zero attached hydrogens (tertiary/aromatic N) is 2. The van der Waals surface area contributed by atoms with Crippen LogP contribution in [0.15, 0.2) is 54.9 Å². The monoisotopic (exact) mass is 368 g/mol. The first kappa shape index (κ1) is 17.4. The molecule has 1 aliphatic heterocycles. The van der Waals surface area contributed by atoms with E-state index < -0.39 is 17.4 Å². The summed E-state index contributed by atoms with van der Waals surface area (Å²) in [5.41, 5.74) is 3.75. The third-order valence-corrected chi connectivity index (χ3v) is 4.70. The van der Waals surface area contributed by atoms with E-state index >= 15 is 0 Å². The van der Waals surface area contributed by atoms with Gasteiger partial charge in [0.25, 0.3) is 0 Å². The zero-order valence-electron chi connectivity index (χ0n) is 14.5. The molecule has 1 saturated heterocycles. The summed E-state index contributed by atoms with van der Waals surface area (Å²) < 4.78 is 33.0. The van der Waals surface area contributed by atoms with Crippen LogP contribution in [0, 0.1) is 11.6 Å². The van der Waals surface area contributed by atoms with E-state index in [-0.39, 0.29) is 0 Å². The second-order valence-electron chi connectivity index (χ2n) is 6.36. The number of anilines is 1. The number of pyridine rings is 1. The molecular weight excluding hydrogens is 350 g/mol. The topological polar surface area (TPSA) is 45.6 Å². The molecule has 0 bridgehead atoms. The summed E-state index contributed by atoms with van der Waals surface area (Å²) in [5.74, 6) is -2.97. The number of rotatable bonds is 3. The van der Waals surface area contributed by atoms with Crippen LogP contribution in [0.25, 0.3) is 22.3 Å². The van der Waals surface area contributed by atoms with Crippen LogP contribution in [0.3, 0.4) is 0 Å². The fourth-order valence-electron chi connectivity index (χ4n) is 3.27. The lowest BCUT2D eigenvalue weighted by molar-refractivity contribution is 0.122. The summed E-state index contributed by atoms with van der Waals surface area (Å²) in [6.45, 7) is 3.14. The van der Waals surface area contributed by atoms with Gasteiger partial charge in [0.1, 0.15) is 0 Å². The molecular formula is C21H18F2N2O2. The van der Waals surface area contributed by atoms with Crippen LogP contribution in [-0.2, 0) is 4.74 Å². The number of ether oxygens (including phenoxy) is 1. The molecule has 1 fully saturated rings. The molecule has 0 amide bonds. The number of benzene rings is 2. The Balaban J connectivity index is 1.71. The van der Waals surface area contributed by atoms with Crippen molar-refractivity contribution in [2.45, 2.75) is 0 Å². The molecule has 0 atom stereocenters. The minimum absolute atomic E-state index is 0.322. The first-order chi connectivity index (χ1) is 13.1. The maximum absolute atomic E-state index is 13.8. The minimum atomic E-state index is -0.998. The lowest BCUT2D eigenvalue weighted by Gasteiger charge is -2.29. The van der Waals surface area contributed by atoms with Crippen LogP contribution in [0.1, 0.15) is 0 Å². The predicted octanol–water partition coefficient (Wildman–Crippen LogP) is 4.24. The van der Waals surface area contributed by atoms with Gasteiger partial charge in [-0.05, 0) is 47.0 Å². The van der Waals surface area contributed by atoms with Gasteiger partial charge in [-0.1, -0.05) is 12.1 Å². The van der Waals surface area contributed by atoms with Gasteiger partial charge in [-0.15, -0.1) is 0 Å². The van der Waals surface area contributed by atoms with E-state index in [1.807, 2.05) is 30.3 Å². The number of phenols is 1. The molecule has 0 radical (unpaired) electrons. The standard InChI is InChI=1S/C21H18F2N2O2/c22-19-11-15(12-20(23)21(19)26)18-13-24-6-5-17(18)14-1-3-16(4-2-14)25-7-9-27-10-8-25/h1-6,11-13,26H,7-10H2. The number of hydrogen-bond acceptors (Lipinski definition) is 4. The van der Waals surface area contributed by atoms with E-state index in [0.717, 1.165) is 42.0 Å². The molecule has 0 unspecified atom stereocenters. The molecule has 2 heterocycles. The Labute approximate surface area is 155 Å². The number of aromatic hydroxyl groups is 1. The Morgan fingerprint density at radius 2 is 1.56 bits per heavy atom. The normalized spacial score (nSPS) is 14.4. The Morgan fingerprint density at radius 3 is 2.22 bits per heavy atom. The molecule has 4 nitrogen and oxygen atoms in total. The summed E-state index contributed by atoms with van der Waals surface area (Å²) >= 11 is 0. The second-order valence-corrected chi connectivity index (χ2v) is 6.36. The largest absolute Gasteiger partial charge is 0.503 e. The van der Waals surface area contributed by atoms with E-state index in [1.54, 1.807) is 12.4 Å². The highest BCUT2D eigenvalue weighted by Gasteiger charge is 2.15. The van der Waals surface area contributed by atoms with Gasteiger partial charge in [0.15, 0.2) is 17.4 Å². The summed E-state index contributed by atoms with van der Waals surface area (Å²) in [7, 11) is 0. The van der Waals surface area contributed by atoms with Crippen molar-refractivity contribution < 1.29 is 18.6 Å². The van der Waals surface area contributed by atoms with Gasteiger partial charge in [-0.3, -0.25) is 4.98 Å². The zero-order chi connectivity index (χ0) is 18.8. The first-order valence-corrected chi connectivity index (χ1v) is 8.69. The second kappa shape index (κ2) is 7.32. The number of morpholine rings is 1. The molecule has 3 aromatic rings. The highest BCUT2D eigenvalue weighted by molar-refractivity contribution is 5.83. The molecule has 1 N–H and O–H groups in total. The number of phenolic OH excluding ortho intramolecular Hbond substituents is 1. The van der Waals surface area contributed by atoms with Crippen molar-refractivity contribution in [1.29, 1.82) is 0 Å². The van der Waals surface area contributed by atoms with Gasteiger partial charge in [0, 0.05) is 36.7 Å². The van der Waals surface area contributed by atoms with Crippen LogP contribution in [0.5, 0.6) is 5.75 Å². The highest BCUT2D eigenvalue weighted by atomic mass is 19.1. The summed E-state index contributed by atoms with van der Waals surface area (Å²) in [4.78, 5) is 6.35. The average Bonchev–Trinajstić information content (AvgIpc) is 2.72. The molecule has 138 valence electrons. The van der Waals surface area contributed by atoms with Gasteiger partial charge in [0.05, 0.1) is 13.2 Å². The van der Waals surface area contributed by atoms with Crippen LogP contribution < -0.4 is 4.90 Å². The average molecular weight is 368 g/mol. The SMILES string of the molecule is Oc1c(F)cc(-c2cnccc2-c2ccc(N3CCOCC3)cc2)cc1F. The molecule has 0 aliphatic carbocycles. The highest BCUT2D eigenvalue weighted by Crippen LogP contribution is 2.35. The predicted molar refractivity (Wildman–Crippen MR) is 99.7 cm³/mol. The first-order valence-electron chi connectivity index (χ1n) is 8.69. The summed E-state index contributed by atoms with van der Waals surface area (Å²) in [6.07, 6.45) is 3.21. The summed E-state index contributed by atoms with van der Waals surface area (Å²) in [6, 6.07) is 12.1. The molecule has 27 heavy (non-hydrogen) atoms. The van der Waals surface area contributed by atoms with Crippen molar-refractivity contribution in [3.05, 3.63) is 66.5 Å². The number of hydrogen-bond donors (Lipinski definition) is 1. The van der Waals surface area contributed by atoms with Crippen LogP contribution in [0.4, 0.5) is 14.5 Å². The lowest BCUT2D eigenvalue weighted by atomic mass is 9.96. The molecule has 2 aromatic carbocycles. The fourth-order valence-corrected chi connectivity index (χ4v) is 3.27. The van der Waals surface area contributed by atoms with Gasteiger partial charge in [-0.2, -0.15) is 0 Å². The quantitative estimate of drug-likeness (QED) is 0.751. The van der Waals surface area contributed by atoms with E-state index in [2.05, 4.69) is 9.88 Å². The van der Waals surface area contributed by atoms with E-state index in [0.29, 0.717) is 24.3 Å². The molecule has 4 rings (SSSR count). The lowest BCUT2D eigenvalue weighted by Crippen LogP contribution is -2.36. The van der Waals surface area contributed by atoms with Gasteiger partial charge < -0.3 is 14.7 Å². The van der Waals surface area contributed by atoms with Crippen LogP contribution in [0.2, 0.25) is 0 Å². The van der Waals surface area contributed by atoms with E-state index in [9.17, 15) is 13.9 Å². The van der Waals surface area contributed by atoms with Crippen LogP contribution >= 0.6 is 0 Å². The molecule has 1 aromatic heterocycles. The van der Waals surface area contributed by atoms with Crippen LogP contribution in [-0.4, -0.2) is 36.4 Å². The van der Waals surface area contributed by atoms with E-state index in [4.69, 9.17) is 4.74 Å². The van der Waals surface area contributed by atoms with Crippen molar-refractivity contribution in [3.8, 4) is 28.0 Å². The number of aromatic nitrogens is 1. The Morgan fingerprint density at radius 1 is 0.889 bits per heavy atom. The molecule has 6 heteroatoms. The fraction of sp³-hybridized carbons (Fsp3) is 0.190. The molecule has 0 saturated carbocycles. The third kappa shape index (κ3) is 3.48. The smallest absolute Gasteiger partial charge is 0.187 e. The van der Waals surface area contributed by atoms with Crippen molar-refractivity contribution in [3.63, 3.8) is 0 Å². The minimum Gasteiger partial charge on any atom is -0.503 e. The van der Waals surface area contributed by atoms with Gasteiger partial charge >= 0.3 is 0 Å². The van der Waals surface area contributed by atoms with Gasteiger partial charge in [-0.25, -0.2) is 8.78 Å². The third-order valence-electron chi connectivity index (χ3n) is 4.70. The van der Waals surface area contributed by atoms with E-state index in [1.165, 1.54) is 0 Å². The van der Waals surface area contributed by atoms with Crippen molar-refractivity contribution in [2.75, 3.05) is 31.2 Å². The molecule has 1 aliphatic rings. The Kier molecular flexibility index (Phi) is 4.73.